The molecule has 4 aromatic rings. The van der Waals surface area contributed by atoms with Crippen molar-refractivity contribution in [2.24, 2.45) is 5.73 Å². The average Bonchev–Trinajstić information content (AvgIpc) is 3.67. The fourth-order valence-corrected chi connectivity index (χ4v) is 6.39. The zero-order valence-electron chi connectivity index (χ0n) is 24.4. The highest BCUT2D eigenvalue weighted by atomic mass is 32.1. The number of pyridine rings is 1. The number of carbonyl (C=O) groups is 3. The van der Waals surface area contributed by atoms with E-state index in [9.17, 15) is 14.4 Å². The molecule has 0 aliphatic carbocycles. The summed E-state index contributed by atoms with van der Waals surface area (Å²) in [6.07, 6.45) is 5.76. The van der Waals surface area contributed by atoms with E-state index in [0.29, 0.717) is 23.7 Å². The van der Waals surface area contributed by atoms with Crippen molar-refractivity contribution in [2.45, 2.75) is 31.8 Å². The molecule has 0 spiro atoms. The van der Waals surface area contributed by atoms with Gasteiger partial charge in [0.2, 0.25) is 5.91 Å². The largest absolute Gasteiger partial charge is 0.370 e. The number of piperazine rings is 1. The van der Waals surface area contributed by atoms with Crippen molar-refractivity contribution in [3.63, 3.8) is 0 Å². The number of hydrogen-bond donors (Lipinski definition) is 2. The molecule has 2 aliphatic rings. The lowest BCUT2D eigenvalue weighted by Gasteiger charge is -2.35. The summed E-state index contributed by atoms with van der Waals surface area (Å²) in [7, 11) is 0. The first-order valence-electron chi connectivity index (χ1n) is 14.9. The van der Waals surface area contributed by atoms with Gasteiger partial charge in [0, 0.05) is 68.0 Å². The molecule has 1 saturated heterocycles. The first kappa shape index (κ1) is 29.5. The minimum atomic E-state index is -0.792. The number of nitrogens with zero attached hydrogens (tertiary/aromatic N) is 5. The third kappa shape index (κ3) is 6.63. The monoisotopic (exact) mass is 609 g/mol. The number of benzene rings is 2. The van der Waals surface area contributed by atoms with Crippen molar-refractivity contribution >= 4 is 40.0 Å². The van der Waals surface area contributed by atoms with Crippen molar-refractivity contribution in [1.29, 1.82) is 0 Å². The Kier molecular flexibility index (Phi) is 8.94. The van der Waals surface area contributed by atoms with Crippen LogP contribution in [0.3, 0.4) is 0 Å². The second-order valence-corrected chi connectivity index (χ2v) is 12.0. The molecule has 226 valence electrons. The Balaban J connectivity index is 1.12. The quantitative estimate of drug-likeness (QED) is 0.243. The highest BCUT2D eigenvalue weighted by Gasteiger charge is 2.38. The lowest BCUT2D eigenvalue weighted by Crippen LogP contribution is -2.46. The first-order valence-corrected chi connectivity index (χ1v) is 15.8. The third-order valence-electron chi connectivity index (χ3n) is 8.20. The van der Waals surface area contributed by atoms with Crippen LogP contribution < -0.4 is 16.0 Å². The summed E-state index contributed by atoms with van der Waals surface area (Å²) in [6.45, 7) is 5.01. The smallest absolute Gasteiger partial charge is 0.255 e. The van der Waals surface area contributed by atoms with E-state index in [2.05, 4.69) is 20.1 Å². The molecule has 44 heavy (non-hydrogen) atoms. The maximum absolute atomic E-state index is 13.8. The molecule has 4 heterocycles. The first-order chi connectivity index (χ1) is 21.5. The number of nitrogens with two attached hydrogens (primary N) is 1. The highest BCUT2D eigenvalue weighted by molar-refractivity contribution is 7.13. The molecule has 2 aliphatic heterocycles. The molecule has 11 heteroatoms. The predicted octanol–water partition coefficient (Wildman–Crippen LogP) is 4.32. The fraction of sp³-hybridized carbons (Fsp3) is 0.303. The molecule has 0 saturated carbocycles. The van der Waals surface area contributed by atoms with Gasteiger partial charge in [-0.1, -0.05) is 42.5 Å². The number of fused-ring (bicyclic) bond motifs is 1. The van der Waals surface area contributed by atoms with Gasteiger partial charge in [0.25, 0.3) is 11.8 Å². The maximum Gasteiger partial charge on any atom is 0.255 e. The topological polar surface area (TPSA) is 125 Å². The summed E-state index contributed by atoms with van der Waals surface area (Å²) < 4.78 is 0. The number of carbonyl (C=O) groups excluding carboxylic acids is 3. The van der Waals surface area contributed by atoms with Crippen molar-refractivity contribution < 1.29 is 14.4 Å². The van der Waals surface area contributed by atoms with Crippen LogP contribution in [0, 0.1) is 0 Å². The van der Waals surface area contributed by atoms with Gasteiger partial charge in [0.1, 0.15) is 11.9 Å². The lowest BCUT2D eigenvalue weighted by atomic mass is 10.0. The van der Waals surface area contributed by atoms with Gasteiger partial charge in [0.05, 0.1) is 0 Å². The van der Waals surface area contributed by atoms with Gasteiger partial charge in [-0.2, -0.15) is 0 Å². The number of primary amides is 1. The van der Waals surface area contributed by atoms with E-state index in [1.54, 1.807) is 16.5 Å². The van der Waals surface area contributed by atoms with Crippen LogP contribution in [0.4, 0.5) is 10.9 Å². The van der Waals surface area contributed by atoms with Crippen molar-refractivity contribution in [1.82, 2.24) is 19.8 Å². The van der Waals surface area contributed by atoms with Crippen LogP contribution in [0.1, 0.15) is 46.8 Å². The summed E-state index contributed by atoms with van der Waals surface area (Å²) in [6, 6.07) is 18.6. The highest BCUT2D eigenvalue weighted by Crippen LogP contribution is 2.35. The second kappa shape index (κ2) is 13.4. The van der Waals surface area contributed by atoms with Gasteiger partial charge >= 0.3 is 0 Å². The van der Waals surface area contributed by atoms with Crippen LogP contribution in [0.5, 0.6) is 0 Å². The standard InChI is InChI=1S/C33H35N7O3S/c34-28(41)8-4-5-14-38-15-17-39(18-16-38)29-12-11-25(21-36-29)24-9-10-26-22-40(32(43)27(26)20-24)30(23-6-2-1-3-7-23)31(42)37-33-35-13-19-44-33/h1-3,6-7,9-13,19-21,30H,4-5,8,14-18,22H2,(H2,34,41)(H,35,37,42). The van der Waals surface area contributed by atoms with Crippen LogP contribution in [0.25, 0.3) is 11.1 Å². The zero-order chi connectivity index (χ0) is 30.5. The van der Waals surface area contributed by atoms with Crippen molar-refractivity contribution in [3.05, 3.63) is 95.1 Å². The molecule has 3 amide bonds. The van der Waals surface area contributed by atoms with E-state index in [0.717, 1.165) is 73.6 Å². The Morgan fingerprint density at radius 1 is 0.955 bits per heavy atom. The maximum atomic E-state index is 13.8. The zero-order valence-corrected chi connectivity index (χ0v) is 25.2. The molecule has 2 aromatic carbocycles. The summed E-state index contributed by atoms with van der Waals surface area (Å²) in [5.74, 6) is 0.225. The minimum Gasteiger partial charge on any atom is -0.370 e. The molecule has 1 fully saturated rings. The molecule has 1 unspecified atom stereocenters. The van der Waals surface area contributed by atoms with Gasteiger partial charge in [-0.3, -0.25) is 24.6 Å². The van der Waals surface area contributed by atoms with Crippen molar-refractivity contribution in [2.75, 3.05) is 42.9 Å². The third-order valence-corrected chi connectivity index (χ3v) is 8.89. The molecule has 2 aromatic heterocycles. The van der Waals surface area contributed by atoms with E-state index >= 15 is 0 Å². The molecule has 1 atom stereocenters. The van der Waals surface area contributed by atoms with E-state index in [1.807, 2.05) is 66.9 Å². The molecular formula is C33H35N7O3S. The molecule has 10 nitrogen and oxygen atoms in total. The van der Waals surface area contributed by atoms with E-state index in [1.165, 1.54) is 11.3 Å². The van der Waals surface area contributed by atoms with Crippen LogP contribution in [0.15, 0.2) is 78.4 Å². The van der Waals surface area contributed by atoms with Crippen LogP contribution >= 0.6 is 11.3 Å². The van der Waals surface area contributed by atoms with Gasteiger partial charge in [-0.25, -0.2) is 9.97 Å². The number of anilines is 2. The second-order valence-electron chi connectivity index (χ2n) is 11.1. The molecular weight excluding hydrogens is 574 g/mol. The summed E-state index contributed by atoms with van der Waals surface area (Å²) >= 11 is 1.34. The summed E-state index contributed by atoms with van der Waals surface area (Å²) in [4.78, 5) is 53.5. The van der Waals surface area contributed by atoms with Crippen LogP contribution in [-0.2, 0) is 16.1 Å². The normalized spacial score (nSPS) is 15.7. The number of amides is 3. The Bertz CT molecular complexity index is 1600. The van der Waals surface area contributed by atoms with Crippen LogP contribution in [0.2, 0.25) is 0 Å². The van der Waals surface area contributed by atoms with Gasteiger partial charge < -0.3 is 15.5 Å². The number of nitrogens with one attached hydrogen (secondary N) is 1. The summed E-state index contributed by atoms with van der Waals surface area (Å²) in [5, 5.41) is 5.17. The van der Waals surface area contributed by atoms with Gasteiger partial charge in [0.15, 0.2) is 5.13 Å². The minimum absolute atomic E-state index is 0.179. The fourth-order valence-electron chi connectivity index (χ4n) is 5.86. The van der Waals surface area contributed by atoms with Gasteiger partial charge in [-0.15, -0.1) is 11.3 Å². The van der Waals surface area contributed by atoms with Crippen LogP contribution in [-0.4, -0.2) is 70.2 Å². The number of hydrogen-bond acceptors (Lipinski definition) is 8. The molecule has 0 bridgehead atoms. The Morgan fingerprint density at radius 3 is 2.45 bits per heavy atom. The predicted molar refractivity (Wildman–Crippen MR) is 171 cm³/mol. The number of unbranched alkanes of at least 4 members (excludes halogenated alkanes) is 1. The van der Waals surface area contributed by atoms with E-state index < -0.39 is 6.04 Å². The van der Waals surface area contributed by atoms with E-state index in [-0.39, 0.29) is 17.7 Å². The Hall–Kier alpha value is -4.61. The Labute approximate surface area is 260 Å². The Morgan fingerprint density at radius 2 is 1.75 bits per heavy atom. The number of thiazole rings is 1. The molecule has 6 rings (SSSR count). The molecule has 0 radical (unpaired) electrons. The number of aromatic nitrogens is 2. The average molecular weight is 610 g/mol. The SMILES string of the molecule is NC(=O)CCCCN1CCN(c2ccc(-c3ccc4c(c3)C(=O)N(C(C(=O)Nc3nccs3)c3ccccc3)C4)cn2)CC1. The number of rotatable bonds is 11. The lowest BCUT2D eigenvalue weighted by molar-refractivity contribution is -0.121. The van der Waals surface area contributed by atoms with Gasteiger partial charge in [-0.05, 0) is 54.3 Å². The summed E-state index contributed by atoms with van der Waals surface area (Å²) in [5.41, 5.74) is 9.30. The van der Waals surface area contributed by atoms with Crippen molar-refractivity contribution in [3.8, 4) is 11.1 Å². The molecule has 3 N–H and O–H groups in total. The van der Waals surface area contributed by atoms with E-state index in [4.69, 9.17) is 10.7 Å².